The first-order valence-electron chi connectivity index (χ1n) is 7.72. The maximum atomic E-state index is 14.6. The summed E-state index contributed by atoms with van der Waals surface area (Å²) in [6.07, 6.45) is 2.98. The summed E-state index contributed by atoms with van der Waals surface area (Å²) in [6, 6.07) is 12.9. The largest absolute Gasteiger partial charge is 0.368 e. The van der Waals surface area contributed by atoms with Crippen molar-refractivity contribution in [2.75, 3.05) is 5.73 Å². The van der Waals surface area contributed by atoms with Gasteiger partial charge in [-0.05, 0) is 24.6 Å². The second kappa shape index (κ2) is 5.90. The van der Waals surface area contributed by atoms with Gasteiger partial charge in [0.25, 0.3) is 0 Å². The molecule has 122 valence electrons. The Balaban J connectivity index is 2.00. The van der Waals surface area contributed by atoms with E-state index >= 15 is 0 Å². The van der Waals surface area contributed by atoms with Gasteiger partial charge in [-0.3, -0.25) is 0 Å². The van der Waals surface area contributed by atoms with Crippen LogP contribution in [0.5, 0.6) is 0 Å². The molecule has 0 atom stereocenters. The van der Waals surface area contributed by atoms with E-state index in [1.165, 1.54) is 12.4 Å². The first kappa shape index (κ1) is 15.1. The smallest absolute Gasteiger partial charge is 0.220 e. The van der Waals surface area contributed by atoms with Crippen molar-refractivity contribution in [3.63, 3.8) is 0 Å². The molecule has 25 heavy (non-hydrogen) atoms. The molecule has 0 fully saturated rings. The number of hydrogen-bond acceptors (Lipinski definition) is 5. The Labute approximate surface area is 143 Å². The minimum absolute atomic E-state index is 0.170. The van der Waals surface area contributed by atoms with E-state index in [2.05, 4.69) is 19.9 Å². The van der Waals surface area contributed by atoms with Gasteiger partial charge in [-0.1, -0.05) is 30.3 Å². The predicted molar refractivity (Wildman–Crippen MR) is 95.1 cm³/mol. The summed E-state index contributed by atoms with van der Waals surface area (Å²) in [5.41, 5.74) is 9.67. The van der Waals surface area contributed by atoms with Crippen molar-refractivity contribution in [2.24, 2.45) is 0 Å². The molecule has 0 spiro atoms. The molecular formula is C19H14FN5. The van der Waals surface area contributed by atoms with Crippen LogP contribution in [-0.4, -0.2) is 19.9 Å². The molecule has 2 N–H and O–H groups in total. The van der Waals surface area contributed by atoms with Crippen LogP contribution in [0.3, 0.4) is 0 Å². The number of halogens is 1. The third-order valence-electron chi connectivity index (χ3n) is 4.06. The topological polar surface area (TPSA) is 77.6 Å². The van der Waals surface area contributed by atoms with Crippen LogP contribution in [0.1, 0.15) is 5.69 Å². The highest BCUT2D eigenvalue weighted by atomic mass is 19.1. The zero-order chi connectivity index (χ0) is 17.4. The molecular weight excluding hydrogens is 317 g/mol. The molecule has 0 bridgehead atoms. The highest BCUT2D eigenvalue weighted by molar-refractivity contribution is 5.89. The van der Waals surface area contributed by atoms with Crippen LogP contribution in [0.2, 0.25) is 0 Å². The number of fused-ring (bicyclic) bond motifs is 1. The number of nitrogens with zero attached hydrogens (tertiary/aromatic N) is 4. The van der Waals surface area contributed by atoms with Crippen LogP contribution in [-0.2, 0) is 0 Å². The molecule has 0 unspecified atom stereocenters. The third kappa shape index (κ3) is 2.67. The number of rotatable bonds is 2. The van der Waals surface area contributed by atoms with Gasteiger partial charge in [0, 0.05) is 28.4 Å². The maximum Gasteiger partial charge on any atom is 0.220 e. The van der Waals surface area contributed by atoms with Crippen molar-refractivity contribution in [1.29, 1.82) is 0 Å². The summed E-state index contributed by atoms with van der Waals surface area (Å²) in [7, 11) is 0. The Bertz CT molecular complexity index is 1080. The summed E-state index contributed by atoms with van der Waals surface area (Å²) < 4.78 is 14.6. The lowest BCUT2D eigenvalue weighted by atomic mass is 9.99. The molecule has 2 aromatic heterocycles. The molecule has 4 rings (SSSR count). The fourth-order valence-corrected chi connectivity index (χ4v) is 2.83. The van der Waals surface area contributed by atoms with Crippen LogP contribution < -0.4 is 5.73 Å². The normalized spacial score (nSPS) is 11.0. The number of nitrogen functional groups attached to an aromatic ring is 1. The number of hydrogen-bond donors (Lipinski definition) is 1. The van der Waals surface area contributed by atoms with Gasteiger partial charge in [-0.2, -0.15) is 0 Å². The Kier molecular flexibility index (Phi) is 3.57. The zero-order valence-corrected chi connectivity index (χ0v) is 13.4. The van der Waals surface area contributed by atoms with Crippen LogP contribution in [0.25, 0.3) is 33.3 Å². The summed E-state index contributed by atoms with van der Waals surface area (Å²) >= 11 is 0. The Morgan fingerprint density at radius 1 is 0.960 bits per heavy atom. The van der Waals surface area contributed by atoms with Crippen LogP contribution in [0.15, 0.2) is 55.0 Å². The fraction of sp³-hybridized carbons (Fsp3) is 0.0526. The number of aromatic nitrogens is 4. The average Bonchev–Trinajstić information content (AvgIpc) is 2.63. The molecule has 0 aliphatic rings. The monoisotopic (exact) mass is 331 g/mol. The van der Waals surface area contributed by atoms with E-state index in [1.54, 1.807) is 6.20 Å². The highest BCUT2D eigenvalue weighted by Crippen LogP contribution is 2.33. The molecule has 0 radical (unpaired) electrons. The lowest BCUT2D eigenvalue weighted by Crippen LogP contribution is -1.99. The second-order valence-electron chi connectivity index (χ2n) is 5.67. The lowest BCUT2D eigenvalue weighted by molar-refractivity contribution is 0.637. The Morgan fingerprint density at radius 3 is 2.56 bits per heavy atom. The van der Waals surface area contributed by atoms with Gasteiger partial charge < -0.3 is 5.73 Å². The van der Waals surface area contributed by atoms with Crippen LogP contribution >= 0.6 is 0 Å². The first-order chi connectivity index (χ1) is 12.1. The summed E-state index contributed by atoms with van der Waals surface area (Å²) in [5.74, 6) is -0.239. The lowest BCUT2D eigenvalue weighted by Gasteiger charge is -2.11. The number of anilines is 1. The molecule has 0 aliphatic heterocycles. The van der Waals surface area contributed by atoms with Crippen molar-refractivity contribution in [1.82, 2.24) is 19.9 Å². The van der Waals surface area contributed by atoms with Gasteiger partial charge in [0.15, 0.2) is 0 Å². The van der Waals surface area contributed by atoms with E-state index in [9.17, 15) is 4.39 Å². The van der Waals surface area contributed by atoms with Crippen molar-refractivity contribution < 1.29 is 4.39 Å². The molecule has 0 aliphatic carbocycles. The van der Waals surface area contributed by atoms with E-state index in [0.29, 0.717) is 33.4 Å². The predicted octanol–water partition coefficient (Wildman–Crippen LogP) is 3.78. The third-order valence-corrected chi connectivity index (χ3v) is 4.06. The molecule has 2 heterocycles. The molecule has 4 aromatic rings. The quantitative estimate of drug-likeness (QED) is 0.605. The minimum atomic E-state index is -0.408. The van der Waals surface area contributed by atoms with Crippen molar-refractivity contribution in [3.05, 3.63) is 66.5 Å². The number of aryl methyl sites for hydroxylation is 1. The van der Waals surface area contributed by atoms with Gasteiger partial charge in [0.05, 0.1) is 5.69 Å². The second-order valence-corrected chi connectivity index (χ2v) is 5.67. The number of benzene rings is 2. The van der Waals surface area contributed by atoms with Crippen molar-refractivity contribution in [3.8, 4) is 22.4 Å². The van der Waals surface area contributed by atoms with Gasteiger partial charge in [0.1, 0.15) is 17.7 Å². The van der Waals surface area contributed by atoms with Gasteiger partial charge in [-0.25, -0.2) is 24.3 Å². The van der Waals surface area contributed by atoms with Gasteiger partial charge in [0.2, 0.25) is 5.95 Å². The van der Waals surface area contributed by atoms with Crippen molar-refractivity contribution >= 4 is 16.9 Å². The van der Waals surface area contributed by atoms with Gasteiger partial charge >= 0.3 is 0 Å². The maximum absolute atomic E-state index is 14.6. The van der Waals surface area contributed by atoms with Crippen LogP contribution in [0.4, 0.5) is 10.3 Å². The zero-order valence-electron chi connectivity index (χ0n) is 13.4. The molecule has 0 saturated carbocycles. The van der Waals surface area contributed by atoms with E-state index in [4.69, 9.17) is 5.73 Å². The molecule has 2 aromatic carbocycles. The standard InChI is InChI=1S/C19H14FN5/c1-11-14-7-13(8-16(20)18(14)24-10-23-11)15-9-22-19(21)25-17(15)12-5-3-2-4-6-12/h2-10H,1H3,(H2,21,22,25). The van der Waals surface area contributed by atoms with E-state index in [1.807, 2.05) is 43.3 Å². The first-order valence-corrected chi connectivity index (χ1v) is 7.72. The van der Waals surface area contributed by atoms with Gasteiger partial charge in [-0.15, -0.1) is 0 Å². The summed E-state index contributed by atoms with van der Waals surface area (Å²) in [5, 5.41) is 0.660. The summed E-state index contributed by atoms with van der Waals surface area (Å²) in [4.78, 5) is 16.6. The average molecular weight is 331 g/mol. The van der Waals surface area contributed by atoms with Crippen LogP contribution in [0, 0.1) is 12.7 Å². The fourth-order valence-electron chi connectivity index (χ4n) is 2.83. The van der Waals surface area contributed by atoms with Crippen molar-refractivity contribution in [2.45, 2.75) is 6.92 Å². The molecule has 0 amide bonds. The molecule has 6 heteroatoms. The SMILES string of the molecule is Cc1ncnc2c(F)cc(-c3cnc(N)nc3-c3ccccc3)cc12. The molecule has 5 nitrogen and oxygen atoms in total. The summed E-state index contributed by atoms with van der Waals surface area (Å²) in [6.45, 7) is 1.82. The Morgan fingerprint density at radius 2 is 1.76 bits per heavy atom. The highest BCUT2D eigenvalue weighted by Gasteiger charge is 2.14. The minimum Gasteiger partial charge on any atom is -0.368 e. The van der Waals surface area contributed by atoms with E-state index < -0.39 is 5.82 Å². The Hall–Kier alpha value is -3.41. The van der Waals surface area contributed by atoms with E-state index in [-0.39, 0.29) is 5.95 Å². The molecule has 0 saturated heterocycles. The van der Waals surface area contributed by atoms with E-state index in [0.717, 1.165) is 5.56 Å². The number of nitrogens with two attached hydrogens (primary N) is 1.